The third-order valence-corrected chi connectivity index (χ3v) is 5.32. The van der Waals surface area contributed by atoms with Crippen LogP contribution in [0.5, 0.6) is 0 Å². The standard InChI is InChI=1S/C17H12ClNOS2/c18-14-8-6-12(7-9-14)15-10-21-17(19-15)22-11-16(20)13-4-2-1-3-5-13/h1-10H,11H2. The molecule has 0 unspecified atom stereocenters. The van der Waals surface area contributed by atoms with Crippen LogP contribution in [0, 0.1) is 0 Å². The molecule has 0 fully saturated rings. The number of aromatic nitrogens is 1. The van der Waals surface area contributed by atoms with Crippen molar-refractivity contribution in [2.45, 2.75) is 4.34 Å². The molecule has 22 heavy (non-hydrogen) atoms. The average Bonchev–Trinajstić information content (AvgIpc) is 3.03. The average molecular weight is 346 g/mol. The Morgan fingerprint density at radius 1 is 1.09 bits per heavy atom. The molecular weight excluding hydrogens is 334 g/mol. The van der Waals surface area contributed by atoms with E-state index in [1.165, 1.54) is 11.8 Å². The SMILES string of the molecule is O=C(CSc1nc(-c2ccc(Cl)cc2)cs1)c1ccccc1. The molecule has 0 atom stereocenters. The summed E-state index contributed by atoms with van der Waals surface area (Å²) in [6.07, 6.45) is 0. The minimum absolute atomic E-state index is 0.119. The van der Waals surface area contributed by atoms with Gasteiger partial charge in [-0.15, -0.1) is 11.3 Å². The molecule has 0 spiro atoms. The van der Waals surface area contributed by atoms with Gasteiger partial charge in [-0.3, -0.25) is 4.79 Å². The van der Waals surface area contributed by atoms with Crippen molar-refractivity contribution in [2.75, 3.05) is 5.75 Å². The van der Waals surface area contributed by atoms with E-state index in [0.717, 1.165) is 21.2 Å². The van der Waals surface area contributed by atoms with Gasteiger partial charge in [-0.1, -0.05) is 65.8 Å². The van der Waals surface area contributed by atoms with Gasteiger partial charge in [0.2, 0.25) is 0 Å². The van der Waals surface area contributed by atoms with E-state index in [4.69, 9.17) is 11.6 Å². The molecule has 0 aliphatic rings. The van der Waals surface area contributed by atoms with E-state index in [1.807, 2.05) is 60.0 Å². The lowest BCUT2D eigenvalue weighted by molar-refractivity contribution is 0.102. The number of nitrogens with zero attached hydrogens (tertiary/aromatic N) is 1. The van der Waals surface area contributed by atoms with E-state index in [-0.39, 0.29) is 5.78 Å². The van der Waals surface area contributed by atoms with E-state index in [1.54, 1.807) is 11.3 Å². The van der Waals surface area contributed by atoms with E-state index in [2.05, 4.69) is 4.98 Å². The van der Waals surface area contributed by atoms with E-state index in [0.29, 0.717) is 10.8 Å². The zero-order chi connectivity index (χ0) is 15.4. The quantitative estimate of drug-likeness (QED) is 0.455. The van der Waals surface area contributed by atoms with Gasteiger partial charge in [0.15, 0.2) is 10.1 Å². The molecule has 0 aliphatic heterocycles. The Morgan fingerprint density at radius 3 is 2.55 bits per heavy atom. The first-order valence-electron chi connectivity index (χ1n) is 6.65. The van der Waals surface area contributed by atoms with Crippen molar-refractivity contribution in [3.05, 3.63) is 70.6 Å². The highest BCUT2D eigenvalue weighted by molar-refractivity contribution is 8.01. The van der Waals surface area contributed by atoms with Crippen LogP contribution in [-0.4, -0.2) is 16.5 Å². The molecule has 0 N–H and O–H groups in total. The molecule has 0 aliphatic carbocycles. The molecule has 3 rings (SSSR count). The van der Waals surface area contributed by atoms with E-state index in [9.17, 15) is 4.79 Å². The van der Waals surface area contributed by atoms with E-state index < -0.39 is 0 Å². The number of carbonyl (C=O) groups is 1. The van der Waals surface area contributed by atoms with Crippen molar-refractivity contribution in [1.82, 2.24) is 4.98 Å². The number of Topliss-reactive ketones (excluding diaryl/α,β-unsaturated/α-hetero) is 1. The topological polar surface area (TPSA) is 30.0 Å². The van der Waals surface area contributed by atoms with E-state index >= 15 is 0 Å². The Morgan fingerprint density at radius 2 is 1.82 bits per heavy atom. The van der Waals surface area contributed by atoms with Crippen molar-refractivity contribution in [3.63, 3.8) is 0 Å². The van der Waals surface area contributed by atoms with Crippen molar-refractivity contribution in [1.29, 1.82) is 0 Å². The van der Waals surface area contributed by atoms with Gasteiger partial charge >= 0.3 is 0 Å². The first-order chi connectivity index (χ1) is 10.7. The molecular formula is C17H12ClNOS2. The Hall–Kier alpha value is -1.62. The molecule has 1 heterocycles. The summed E-state index contributed by atoms with van der Waals surface area (Å²) in [6, 6.07) is 16.9. The zero-order valence-electron chi connectivity index (χ0n) is 11.5. The number of hydrogen-bond acceptors (Lipinski definition) is 4. The van der Waals surface area contributed by atoms with Gasteiger partial charge in [0.25, 0.3) is 0 Å². The van der Waals surface area contributed by atoms with Gasteiger partial charge in [0.05, 0.1) is 11.4 Å². The Balaban J connectivity index is 1.65. The summed E-state index contributed by atoms with van der Waals surface area (Å²) in [5, 5.41) is 2.71. The number of rotatable bonds is 5. The Kier molecular flexibility index (Phi) is 4.93. The second-order valence-electron chi connectivity index (χ2n) is 4.58. The minimum atomic E-state index is 0.119. The van der Waals surface area contributed by atoms with Crippen LogP contribution < -0.4 is 0 Å². The fraction of sp³-hybridized carbons (Fsp3) is 0.0588. The van der Waals surface area contributed by atoms with Gasteiger partial charge in [0, 0.05) is 21.5 Å². The summed E-state index contributed by atoms with van der Waals surface area (Å²) in [5.74, 6) is 0.520. The van der Waals surface area contributed by atoms with Crippen molar-refractivity contribution in [2.24, 2.45) is 0 Å². The van der Waals surface area contributed by atoms with Crippen molar-refractivity contribution < 1.29 is 4.79 Å². The molecule has 2 nitrogen and oxygen atoms in total. The molecule has 0 radical (unpaired) electrons. The molecule has 5 heteroatoms. The second-order valence-corrected chi connectivity index (χ2v) is 7.10. The van der Waals surface area contributed by atoms with Gasteiger partial charge in [-0.05, 0) is 12.1 Å². The third-order valence-electron chi connectivity index (χ3n) is 3.05. The molecule has 0 amide bonds. The number of carbonyl (C=O) groups excluding carboxylic acids is 1. The number of thioether (sulfide) groups is 1. The van der Waals surface area contributed by atoms with Crippen LogP contribution in [0.3, 0.4) is 0 Å². The summed E-state index contributed by atoms with van der Waals surface area (Å²) in [4.78, 5) is 16.6. The van der Waals surface area contributed by atoms with Gasteiger partial charge in [-0.2, -0.15) is 0 Å². The highest BCUT2D eigenvalue weighted by Gasteiger charge is 2.09. The fourth-order valence-electron chi connectivity index (χ4n) is 1.91. The number of hydrogen-bond donors (Lipinski definition) is 0. The summed E-state index contributed by atoms with van der Waals surface area (Å²) < 4.78 is 0.897. The molecule has 2 aromatic carbocycles. The largest absolute Gasteiger partial charge is 0.293 e. The maximum Gasteiger partial charge on any atom is 0.173 e. The third kappa shape index (κ3) is 3.77. The molecule has 1 aromatic heterocycles. The van der Waals surface area contributed by atoms with Crippen molar-refractivity contribution >= 4 is 40.5 Å². The van der Waals surface area contributed by atoms with Gasteiger partial charge in [0.1, 0.15) is 0 Å². The molecule has 0 bridgehead atoms. The smallest absolute Gasteiger partial charge is 0.173 e. The normalized spacial score (nSPS) is 10.6. The van der Waals surface area contributed by atoms with Crippen molar-refractivity contribution in [3.8, 4) is 11.3 Å². The number of thiazole rings is 1. The highest BCUT2D eigenvalue weighted by atomic mass is 35.5. The lowest BCUT2D eigenvalue weighted by Gasteiger charge is -1.99. The lowest BCUT2D eigenvalue weighted by atomic mass is 10.2. The maximum absolute atomic E-state index is 12.1. The van der Waals surface area contributed by atoms with Crippen LogP contribution in [0.25, 0.3) is 11.3 Å². The van der Waals surface area contributed by atoms with Crippen LogP contribution in [0.4, 0.5) is 0 Å². The predicted molar refractivity (Wildman–Crippen MR) is 94.1 cm³/mol. The molecule has 0 saturated heterocycles. The first-order valence-corrected chi connectivity index (χ1v) is 8.89. The van der Waals surface area contributed by atoms with Crippen LogP contribution in [0.1, 0.15) is 10.4 Å². The molecule has 3 aromatic rings. The summed E-state index contributed by atoms with van der Waals surface area (Å²) >= 11 is 8.91. The first kappa shape index (κ1) is 15.3. The number of ketones is 1. The predicted octanol–water partition coefficient (Wildman–Crippen LogP) is 5.44. The highest BCUT2D eigenvalue weighted by Crippen LogP contribution is 2.29. The Bertz CT molecular complexity index is 769. The second kappa shape index (κ2) is 7.09. The fourth-order valence-corrected chi connectivity index (χ4v) is 3.77. The summed E-state index contributed by atoms with van der Waals surface area (Å²) in [7, 11) is 0. The summed E-state index contributed by atoms with van der Waals surface area (Å²) in [6.45, 7) is 0. The maximum atomic E-state index is 12.1. The minimum Gasteiger partial charge on any atom is -0.293 e. The Labute approximate surface area is 142 Å². The molecule has 110 valence electrons. The monoisotopic (exact) mass is 345 g/mol. The molecule has 0 saturated carbocycles. The van der Waals surface area contributed by atoms with Crippen LogP contribution >= 0.6 is 34.7 Å². The van der Waals surface area contributed by atoms with Gasteiger partial charge in [-0.25, -0.2) is 4.98 Å². The lowest BCUT2D eigenvalue weighted by Crippen LogP contribution is -2.01. The van der Waals surface area contributed by atoms with Crippen LogP contribution in [0.2, 0.25) is 5.02 Å². The number of benzene rings is 2. The van der Waals surface area contributed by atoms with Gasteiger partial charge < -0.3 is 0 Å². The van der Waals surface area contributed by atoms with Crippen LogP contribution in [-0.2, 0) is 0 Å². The van der Waals surface area contributed by atoms with Crippen LogP contribution in [0.15, 0.2) is 64.3 Å². The summed E-state index contributed by atoms with van der Waals surface area (Å²) in [5.41, 5.74) is 2.68. The number of halogens is 1. The zero-order valence-corrected chi connectivity index (χ0v) is 13.9.